The van der Waals surface area contributed by atoms with Crippen molar-refractivity contribution in [3.05, 3.63) is 53.7 Å². The van der Waals surface area contributed by atoms with Crippen molar-refractivity contribution in [1.82, 2.24) is 4.98 Å². The van der Waals surface area contributed by atoms with Crippen LogP contribution < -0.4 is 0 Å². The first kappa shape index (κ1) is 11.3. The Morgan fingerprint density at radius 2 is 2.06 bits per heavy atom. The van der Waals surface area contributed by atoms with Crippen LogP contribution in [0.5, 0.6) is 0 Å². The van der Waals surface area contributed by atoms with E-state index in [2.05, 4.69) is 4.98 Å². The summed E-state index contributed by atoms with van der Waals surface area (Å²) in [5, 5.41) is 18.1. The molecule has 17 heavy (non-hydrogen) atoms. The van der Waals surface area contributed by atoms with Gasteiger partial charge in [0.25, 0.3) is 0 Å². The summed E-state index contributed by atoms with van der Waals surface area (Å²) >= 11 is 0. The summed E-state index contributed by atoms with van der Waals surface area (Å²) in [6, 6.07) is 10.1. The lowest BCUT2D eigenvalue weighted by atomic mass is 10.0. The highest BCUT2D eigenvalue weighted by molar-refractivity contribution is 5.94. The van der Waals surface area contributed by atoms with Crippen LogP contribution >= 0.6 is 0 Å². The smallest absolute Gasteiger partial charge is 0.337 e. The van der Waals surface area contributed by atoms with Crippen LogP contribution in [0.4, 0.5) is 0 Å². The van der Waals surface area contributed by atoms with Crippen molar-refractivity contribution in [2.75, 3.05) is 0 Å². The Hall–Kier alpha value is -2.20. The van der Waals surface area contributed by atoms with Crippen molar-refractivity contribution in [2.24, 2.45) is 0 Å². The first-order chi connectivity index (χ1) is 8.22. The predicted molar refractivity (Wildman–Crippen MR) is 62.6 cm³/mol. The number of hydrogen-bond donors (Lipinski definition) is 2. The fourth-order valence-electron chi connectivity index (χ4n) is 1.62. The van der Waals surface area contributed by atoms with E-state index in [4.69, 9.17) is 10.2 Å². The molecule has 86 valence electrons. The van der Waals surface area contributed by atoms with E-state index in [1.807, 2.05) is 0 Å². The number of aliphatic hydroxyl groups is 1. The minimum absolute atomic E-state index is 0.0803. The van der Waals surface area contributed by atoms with Crippen molar-refractivity contribution >= 4 is 5.97 Å². The van der Waals surface area contributed by atoms with Crippen LogP contribution in [0, 0.1) is 0 Å². The van der Waals surface area contributed by atoms with Gasteiger partial charge < -0.3 is 10.2 Å². The van der Waals surface area contributed by atoms with Gasteiger partial charge in [-0.25, -0.2) is 4.79 Å². The van der Waals surface area contributed by atoms with Gasteiger partial charge in [-0.15, -0.1) is 0 Å². The Morgan fingerprint density at radius 3 is 2.76 bits per heavy atom. The predicted octanol–water partition coefficient (Wildman–Crippen LogP) is 1.94. The van der Waals surface area contributed by atoms with Gasteiger partial charge in [0.1, 0.15) is 0 Å². The maximum atomic E-state index is 11.1. The molecule has 1 aromatic heterocycles. The zero-order chi connectivity index (χ0) is 12.3. The molecule has 2 N–H and O–H groups in total. The van der Waals surface area contributed by atoms with Gasteiger partial charge in [0.15, 0.2) is 0 Å². The molecule has 0 spiro atoms. The number of carboxylic acid groups (broad SMARTS) is 1. The number of carbonyl (C=O) groups is 1. The molecule has 0 saturated heterocycles. The summed E-state index contributed by atoms with van der Waals surface area (Å²) in [6.07, 6.45) is 1.55. The number of carboxylic acids is 1. The van der Waals surface area contributed by atoms with E-state index in [0.717, 1.165) is 5.56 Å². The summed E-state index contributed by atoms with van der Waals surface area (Å²) in [4.78, 5) is 15.1. The zero-order valence-corrected chi connectivity index (χ0v) is 9.00. The molecule has 1 heterocycles. The highest BCUT2D eigenvalue weighted by atomic mass is 16.4. The van der Waals surface area contributed by atoms with Crippen molar-refractivity contribution in [1.29, 1.82) is 0 Å². The second-order valence-electron chi connectivity index (χ2n) is 3.56. The van der Waals surface area contributed by atoms with Gasteiger partial charge in [-0.3, -0.25) is 4.98 Å². The standard InChI is InChI=1S/C13H11NO3/c15-8-9-3-1-4-10(7-9)12-11(13(16)17)5-2-6-14-12/h1-7,15H,8H2,(H,16,17). The van der Waals surface area contributed by atoms with Crippen molar-refractivity contribution in [2.45, 2.75) is 6.61 Å². The number of hydrogen-bond acceptors (Lipinski definition) is 3. The van der Waals surface area contributed by atoms with Crippen LogP contribution in [0.1, 0.15) is 15.9 Å². The molecule has 2 rings (SSSR count). The van der Waals surface area contributed by atoms with Crippen LogP contribution in [-0.4, -0.2) is 21.2 Å². The summed E-state index contributed by atoms with van der Waals surface area (Å²) in [7, 11) is 0. The molecular formula is C13H11NO3. The topological polar surface area (TPSA) is 70.4 Å². The SMILES string of the molecule is O=C(O)c1cccnc1-c1cccc(CO)c1. The fourth-order valence-corrected chi connectivity index (χ4v) is 1.62. The Bertz CT molecular complexity index is 552. The third kappa shape index (κ3) is 2.32. The van der Waals surface area contributed by atoms with Gasteiger partial charge in [0.2, 0.25) is 0 Å². The lowest BCUT2D eigenvalue weighted by molar-refractivity contribution is 0.0697. The third-order valence-electron chi connectivity index (χ3n) is 2.42. The number of nitrogens with zero attached hydrogens (tertiary/aromatic N) is 1. The van der Waals surface area contributed by atoms with E-state index < -0.39 is 5.97 Å². The molecule has 0 aliphatic rings. The van der Waals surface area contributed by atoms with Gasteiger partial charge in [0.05, 0.1) is 17.9 Å². The molecule has 4 heteroatoms. The van der Waals surface area contributed by atoms with E-state index in [0.29, 0.717) is 11.3 Å². The second kappa shape index (κ2) is 4.76. The number of aliphatic hydroxyl groups excluding tert-OH is 1. The maximum absolute atomic E-state index is 11.1. The van der Waals surface area contributed by atoms with E-state index in [-0.39, 0.29) is 12.2 Å². The number of pyridine rings is 1. The average Bonchev–Trinajstić information content (AvgIpc) is 2.39. The Balaban J connectivity index is 2.56. The molecule has 2 aromatic rings. The van der Waals surface area contributed by atoms with E-state index >= 15 is 0 Å². The molecule has 1 aromatic carbocycles. The lowest BCUT2D eigenvalue weighted by Gasteiger charge is -2.06. The first-order valence-corrected chi connectivity index (χ1v) is 5.11. The van der Waals surface area contributed by atoms with Crippen LogP contribution in [0.2, 0.25) is 0 Å². The number of rotatable bonds is 3. The molecule has 0 aliphatic carbocycles. The molecule has 0 fully saturated rings. The lowest BCUT2D eigenvalue weighted by Crippen LogP contribution is -2.01. The van der Waals surface area contributed by atoms with Gasteiger partial charge in [-0.2, -0.15) is 0 Å². The van der Waals surface area contributed by atoms with Crippen LogP contribution in [0.3, 0.4) is 0 Å². The maximum Gasteiger partial charge on any atom is 0.337 e. The van der Waals surface area contributed by atoms with Crippen molar-refractivity contribution in [3.8, 4) is 11.3 Å². The van der Waals surface area contributed by atoms with Crippen LogP contribution in [0.15, 0.2) is 42.6 Å². The molecule has 0 unspecified atom stereocenters. The Morgan fingerprint density at radius 1 is 1.24 bits per heavy atom. The van der Waals surface area contributed by atoms with Gasteiger partial charge in [0, 0.05) is 11.8 Å². The number of benzene rings is 1. The fraction of sp³-hybridized carbons (Fsp3) is 0.0769. The summed E-state index contributed by atoms with van der Waals surface area (Å²) < 4.78 is 0. The van der Waals surface area contributed by atoms with Gasteiger partial charge >= 0.3 is 5.97 Å². The number of aromatic nitrogens is 1. The molecule has 0 bridgehead atoms. The molecule has 0 amide bonds. The number of aromatic carboxylic acids is 1. The van der Waals surface area contributed by atoms with Crippen LogP contribution in [-0.2, 0) is 6.61 Å². The van der Waals surface area contributed by atoms with Gasteiger partial charge in [-0.1, -0.05) is 18.2 Å². The quantitative estimate of drug-likeness (QED) is 0.843. The van der Waals surface area contributed by atoms with E-state index in [9.17, 15) is 4.79 Å². The largest absolute Gasteiger partial charge is 0.478 e. The summed E-state index contributed by atoms with van der Waals surface area (Å²) in [5.74, 6) is -1.01. The van der Waals surface area contributed by atoms with Gasteiger partial charge in [-0.05, 0) is 23.8 Å². The minimum atomic E-state index is -1.01. The summed E-state index contributed by atoms with van der Waals surface area (Å²) in [5.41, 5.74) is 1.98. The third-order valence-corrected chi connectivity index (χ3v) is 2.42. The van der Waals surface area contributed by atoms with Crippen molar-refractivity contribution in [3.63, 3.8) is 0 Å². The second-order valence-corrected chi connectivity index (χ2v) is 3.56. The molecular weight excluding hydrogens is 218 g/mol. The summed E-state index contributed by atoms with van der Waals surface area (Å²) in [6.45, 7) is -0.0803. The molecule has 4 nitrogen and oxygen atoms in total. The molecule has 0 radical (unpaired) electrons. The van der Waals surface area contributed by atoms with Crippen molar-refractivity contribution < 1.29 is 15.0 Å². The Kier molecular flexibility index (Phi) is 3.16. The zero-order valence-electron chi connectivity index (χ0n) is 9.00. The monoisotopic (exact) mass is 229 g/mol. The first-order valence-electron chi connectivity index (χ1n) is 5.11. The molecule has 0 aliphatic heterocycles. The molecule has 0 saturated carbocycles. The van der Waals surface area contributed by atoms with E-state index in [1.165, 1.54) is 6.07 Å². The normalized spacial score (nSPS) is 10.2. The van der Waals surface area contributed by atoms with E-state index in [1.54, 1.807) is 36.5 Å². The van der Waals surface area contributed by atoms with Crippen LogP contribution in [0.25, 0.3) is 11.3 Å². The highest BCUT2D eigenvalue weighted by Crippen LogP contribution is 2.22. The minimum Gasteiger partial charge on any atom is -0.478 e. The molecule has 0 atom stereocenters. The Labute approximate surface area is 98.2 Å². The average molecular weight is 229 g/mol. The highest BCUT2D eigenvalue weighted by Gasteiger charge is 2.12.